The maximum absolute atomic E-state index is 13.0. The average Bonchev–Trinajstić information content (AvgIpc) is 3.11. The van der Waals surface area contributed by atoms with Crippen LogP contribution >= 0.6 is 11.6 Å². The van der Waals surface area contributed by atoms with Crippen LogP contribution in [0.25, 0.3) is 11.9 Å². The Morgan fingerprint density at radius 3 is 2.75 bits per heavy atom. The summed E-state index contributed by atoms with van der Waals surface area (Å²) in [6.45, 7) is 0.538. The Morgan fingerprint density at radius 1 is 1.21 bits per heavy atom. The van der Waals surface area contributed by atoms with Gasteiger partial charge < -0.3 is 5.32 Å². The summed E-state index contributed by atoms with van der Waals surface area (Å²) in [5.74, 6) is -0.230. The molecule has 0 unspecified atom stereocenters. The number of hydrogen-bond acceptors (Lipinski definition) is 5. The number of rotatable bonds is 3. The molecule has 3 heterocycles. The molecule has 3 aromatic rings. The molecule has 1 aliphatic rings. The molecule has 0 bridgehead atoms. The van der Waals surface area contributed by atoms with Gasteiger partial charge in [0.1, 0.15) is 5.69 Å². The lowest BCUT2D eigenvalue weighted by Gasteiger charge is -2.12. The van der Waals surface area contributed by atoms with Crippen molar-refractivity contribution in [3.05, 3.63) is 75.8 Å². The molecule has 28 heavy (non-hydrogen) atoms. The summed E-state index contributed by atoms with van der Waals surface area (Å²) in [4.78, 5) is 16.8. The number of carbonyl (C=O) groups is 1. The van der Waals surface area contributed by atoms with Gasteiger partial charge in [-0.25, -0.2) is 4.98 Å². The van der Waals surface area contributed by atoms with Crippen LogP contribution < -0.4 is 5.32 Å². The minimum atomic E-state index is -4.65. The van der Waals surface area contributed by atoms with Gasteiger partial charge in [-0.2, -0.15) is 17.9 Å². The van der Waals surface area contributed by atoms with Crippen molar-refractivity contribution in [2.75, 3.05) is 0 Å². The molecule has 0 atom stereocenters. The average molecular weight is 406 g/mol. The number of nitrogens with one attached hydrogen (secondary N) is 1. The van der Waals surface area contributed by atoms with Crippen molar-refractivity contribution in [3.8, 4) is 5.82 Å². The van der Waals surface area contributed by atoms with E-state index in [1.54, 1.807) is 18.3 Å². The van der Waals surface area contributed by atoms with Crippen LogP contribution in [0.3, 0.4) is 0 Å². The van der Waals surface area contributed by atoms with E-state index >= 15 is 0 Å². The van der Waals surface area contributed by atoms with Crippen molar-refractivity contribution in [1.82, 2.24) is 25.3 Å². The standard InChI is InChI=1S/C18H11ClF3N5O/c19-16-11(2-1-3-12(16)18(20,21)22)17(28)10-4-5-15(24-8-10)27-14-6-7-23-9-13(14)25-26-27/h1-8,23H,9H2. The van der Waals surface area contributed by atoms with Crippen LogP contribution in [-0.4, -0.2) is 25.8 Å². The molecule has 4 rings (SSSR count). The number of alkyl halides is 3. The van der Waals surface area contributed by atoms with Crippen LogP contribution in [0.2, 0.25) is 5.02 Å². The number of fused-ring (bicyclic) bond motifs is 1. The third-order valence-corrected chi connectivity index (χ3v) is 4.59. The van der Waals surface area contributed by atoms with E-state index in [1.165, 1.54) is 23.0 Å². The second-order valence-corrected chi connectivity index (χ2v) is 6.32. The predicted octanol–water partition coefficient (Wildman–Crippen LogP) is 3.64. The summed E-state index contributed by atoms with van der Waals surface area (Å²) in [7, 11) is 0. The van der Waals surface area contributed by atoms with Crippen LogP contribution in [0.4, 0.5) is 13.2 Å². The summed E-state index contributed by atoms with van der Waals surface area (Å²) in [6, 6.07) is 6.22. The molecule has 2 aromatic heterocycles. The van der Waals surface area contributed by atoms with Crippen molar-refractivity contribution in [3.63, 3.8) is 0 Å². The molecule has 6 nitrogen and oxygen atoms in total. The highest BCUT2D eigenvalue weighted by Gasteiger charge is 2.34. The smallest absolute Gasteiger partial charge is 0.385 e. The normalized spacial score (nSPS) is 13.1. The van der Waals surface area contributed by atoms with Gasteiger partial charge in [0.25, 0.3) is 0 Å². The number of carbonyl (C=O) groups excluding carboxylic acids is 1. The molecule has 10 heteroatoms. The number of hydrogen-bond donors (Lipinski definition) is 1. The Balaban J connectivity index is 1.66. The molecule has 0 amide bonds. The first-order valence-electron chi connectivity index (χ1n) is 8.07. The first-order chi connectivity index (χ1) is 13.4. The molecule has 1 aliphatic heterocycles. The molecule has 0 saturated heterocycles. The molecular formula is C18H11ClF3N5O. The summed E-state index contributed by atoms with van der Waals surface area (Å²) in [5, 5.41) is 10.5. The summed E-state index contributed by atoms with van der Waals surface area (Å²) >= 11 is 5.83. The van der Waals surface area contributed by atoms with E-state index < -0.39 is 22.5 Å². The predicted molar refractivity (Wildman–Crippen MR) is 94.9 cm³/mol. The lowest BCUT2D eigenvalue weighted by molar-refractivity contribution is -0.137. The molecule has 1 N–H and O–H groups in total. The number of benzene rings is 1. The zero-order valence-electron chi connectivity index (χ0n) is 14.0. The summed E-state index contributed by atoms with van der Waals surface area (Å²) in [6.07, 6.45) is 0.175. The van der Waals surface area contributed by atoms with Crippen LogP contribution in [0.15, 0.2) is 42.7 Å². The number of halogens is 4. The van der Waals surface area contributed by atoms with Gasteiger partial charge >= 0.3 is 6.18 Å². The van der Waals surface area contributed by atoms with Crippen molar-refractivity contribution >= 4 is 23.5 Å². The highest BCUT2D eigenvalue weighted by atomic mass is 35.5. The molecule has 0 saturated carbocycles. The topological polar surface area (TPSA) is 72.7 Å². The minimum Gasteiger partial charge on any atom is -0.385 e. The minimum absolute atomic E-state index is 0.108. The lowest BCUT2D eigenvalue weighted by atomic mass is 10.0. The third kappa shape index (κ3) is 3.13. The third-order valence-electron chi connectivity index (χ3n) is 4.18. The van der Waals surface area contributed by atoms with E-state index in [4.69, 9.17) is 11.6 Å². The van der Waals surface area contributed by atoms with Gasteiger partial charge in [-0.05, 0) is 36.5 Å². The maximum Gasteiger partial charge on any atom is 0.417 e. The number of ketones is 1. The largest absolute Gasteiger partial charge is 0.417 e. The first kappa shape index (κ1) is 18.2. The Bertz CT molecular complexity index is 1090. The zero-order chi connectivity index (χ0) is 19.9. The van der Waals surface area contributed by atoms with Crippen LogP contribution in [-0.2, 0) is 12.7 Å². The van der Waals surface area contributed by atoms with Crippen molar-refractivity contribution < 1.29 is 18.0 Å². The first-order valence-corrected chi connectivity index (χ1v) is 8.45. The quantitative estimate of drug-likeness (QED) is 0.673. The van der Waals surface area contributed by atoms with Gasteiger partial charge in [0.2, 0.25) is 0 Å². The SMILES string of the molecule is O=C(c1ccc(-n2nnc3c2C=CNC3)nc1)c1cccc(C(F)(F)F)c1Cl. The van der Waals surface area contributed by atoms with Crippen LogP contribution in [0.5, 0.6) is 0 Å². The van der Waals surface area contributed by atoms with E-state index in [2.05, 4.69) is 20.6 Å². The number of nitrogens with zero attached hydrogens (tertiary/aromatic N) is 4. The van der Waals surface area contributed by atoms with E-state index in [-0.39, 0.29) is 11.1 Å². The molecule has 0 spiro atoms. The van der Waals surface area contributed by atoms with E-state index in [0.29, 0.717) is 12.4 Å². The second-order valence-electron chi connectivity index (χ2n) is 5.95. The number of aromatic nitrogens is 4. The molecule has 1 aromatic carbocycles. The Kier molecular flexibility index (Phi) is 4.38. The van der Waals surface area contributed by atoms with Gasteiger partial charge in [0, 0.05) is 17.3 Å². The molecule has 0 fully saturated rings. The second kappa shape index (κ2) is 6.75. The highest BCUT2D eigenvalue weighted by molar-refractivity contribution is 6.35. The Labute approximate surface area is 161 Å². The molecular weight excluding hydrogens is 395 g/mol. The van der Waals surface area contributed by atoms with E-state index in [9.17, 15) is 18.0 Å². The Hall–Kier alpha value is -3.20. The van der Waals surface area contributed by atoms with Gasteiger partial charge in [-0.3, -0.25) is 4.79 Å². The molecule has 0 radical (unpaired) electrons. The molecule has 142 valence electrons. The fourth-order valence-electron chi connectivity index (χ4n) is 2.80. The van der Waals surface area contributed by atoms with E-state index in [1.807, 2.05) is 0 Å². The van der Waals surface area contributed by atoms with Crippen molar-refractivity contribution in [2.45, 2.75) is 12.7 Å². The zero-order valence-corrected chi connectivity index (χ0v) is 14.8. The van der Waals surface area contributed by atoms with Gasteiger partial charge in [0.05, 0.1) is 22.8 Å². The monoisotopic (exact) mass is 405 g/mol. The van der Waals surface area contributed by atoms with E-state index in [0.717, 1.165) is 23.5 Å². The maximum atomic E-state index is 13.0. The fraction of sp³-hybridized carbons (Fsp3) is 0.111. The number of pyridine rings is 1. The highest BCUT2D eigenvalue weighted by Crippen LogP contribution is 2.36. The van der Waals surface area contributed by atoms with Gasteiger partial charge in [0.15, 0.2) is 11.6 Å². The Morgan fingerprint density at radius 2 is 2.04 bits per heavy atom. The van der Waals surface area contributed by atoms with Gasteiger partial charge in [-0.15, -0.1) is 5.10 Å². The lowest BCUT2D eigenvalue weighted by Crippen LogP contribution is -2.12. The van der Waals surface area contributed by atoms with Crippen molar-refractivity contribution in [1.29, 1.82) is 0 Å². The van der Waals surface area contributed by atoms with Crippen LogP contribution in [0, 0.1) is 0 Å². The summed E-state index contributed by atoms with van der Waals surface area (Å²) in [5.41, 5.74) is 0.319. The summed E-state index contributed by atoms with van der Waals surface area (Å²) < 4.78 is 40.5. The van der Waals surface area contributed by atoms with Crippen LogP contribution in [0.1, 0.15) is 32.9 Å². The molecule has 0 aliphatic carbocycles. The fourth-order valence-corrected chi connectivity index (χ4v) is 3.12. The van der Waals surface area contributed by atoms with Crippen molar-refractivity contribution in [2.24, 2.45) is 0 Å². The van der Waals surface area contributed by atoms with Gasteiger partial charge in [-0.1, -0.05) is 22.9 Å².